The van der Waals surface area contributed by atoms with Gasteiger partial charge in [0.2, 0.25) is 5.91 Å². The minimum atomic E-state index is -1.47. The molecule has 0 bridgehead atoms. The number of carbonyl (C=O) groups excluding carboxylic acids is 1. The quantitative estimate of drug-likeness (QED) is 0.342. The lowest BCUT2D eigenvalue weighted by Crippen LogP contribution is -2.52. The number of halogens is 2. The fourth-order valence-corrected chi connectivity index (χ4v) is 4.68. The highest BCUT2D eigenvalue weighted by molar-refractivity contribution is 5.77. The molecule has 1 unspecified atom stereocenters. The molecule has 1 atom stereocenters. The first kappa shape index (κ1) is 29.4. The van der Waals surface area contributed by atoms with E-state index in [1.54, 1.807) is 4.90 Å². The summed E-state index contributed by atoms with van der Waals surface area (Å²) < 4.78 is 45.5. The molecule has 1 aromatic heterocycles. The lowest BCUT2D eigenvalue weighted by Gasteiger charge is -2.33. The Kier molecular flexibility index (Phi) is 10.1. The van der Waals surface area contributed by atoms with E-state index < -0.39 is 17.2 Å². The molecule has 2 aromatic carbocycles. The number of aromatic nitrogens is 2. The summed E-state index contributed by atoms with van der Waals surface area (Å²) in [7, 11) is 1.44. The van der Waals surface area contributed by atoms with Gasteiger partial charge in [-0.3, -0.25) is 14.4 Å². The summed E-state index contributed by atoms with van der Waals surface area (Å²) in [6, 6.07) is 11.0. The molecular formula is C29H36F2N4O5. The summed E-state index contributed by atoms with van der Waals surface area (Å²) >= 11 is 0. The number of β-amino-alcohol motifs (C(OH)–C–C–N with tert-alkyl or cyclic N) is 1. The molecule has 1 aliphatic heterocycles. The number of nitrogens with zero attached hydrogens (tertiary/aromatic N) is 4. The van der Waals surface area contributed by atoms with Crippen LogP contribution in [-0.2, 0) is 22.6 Å². The molecule has 4 rings (SSSR count). The smallest absolute Gasteiger partial charge is 0.248 e. The van der Waals surface area contributed by atoms with Gasteiger partial charge in [-0.1, -0.05) is 12.1 Å². The molecule has 0 aliphatic carbocycles. The molecule has 0 spiro atoms. The van der Waals surface area contributed by atoms with Crippen LogP contribution in [0.15, 0.2) is 54.9 Å². The van der Waals surface area contributed by atoms with Crippen LogP contribution in [0.5, 0.6) is 11.5 Å². The van der Waals surface area contributed by atoms with Gasteiger partial charge in [0.25, 0.3) is 0 Å². The van der Waals surface area contributed by atoms with Gasteiger partial charge >= 0.3 is 0 Å². The van der Waals surface area contributed by atoms with Gasteiger partial charge in [0.15, 0.2) is 11.6 Å². The van der Waals surface area contributed by atoms with Crippen molar-refractivity contribution in [2.75, 3.05) is 53.1 Å². The van der Waals surface area contributed by atoms with Gasteiger partial charge in [-0.05, 0) is 42.3 Å². The van der Waals surface area contributed by atoms with E-state index in [-0.39, 0.29) is 38.0 Å². The molecule has 216 valence electrons. The minimum absolute atomic E-state index is 0.00823. The predicted molar refractivity (Wildman–Crippen MR) is 144 cm³/mol. The van der Waals surface area contributed by atoms with Gasteiger partial charge in [0.05, 0.1) is 19.3 Å². The molecule has 1 amide bonds. The molecular weight excluding hydrogens is 522 g/mol. The topological polar surface area (TPSA) is 89.3 Å². The Morgan fingerprint density at radius 1 is 1.07 bits per heavy atom. The van der Waals surface area contributed by atoms with E-state index in [0.717, 1.165) is 42.0 Å². The van der Waals surface area contributed by atoms with E-state index in [4.69, 9.17) is 14.2 Å². The third kappa shape index (κ3) is 8.48. The molecule has 0 radical (unpaired) electrons. The van der Waals surface area contributed by atoms with E-state index in [0.29, 0.717) is 26.2 Å². The normalized spacial score (nSPS) is 18.0. The third-order valence-corrected chi connectivity index (χ3v) is 6.58. The molecule has 40 heavy (non-hydrogen) atoms. The van der Waals surface area contributed by atoms with Crippen molar-refractivity contribution in [3.8, 4) is 11.5 Å². The van der Waals surface area contributed by atoms with Gasteiger partial charge in [-0.15, -0.1) is 0 Å². The molecule has 11 heteroatoms. The summed E-state index contributed by atoms with van der Waals surface area (Å²) in [5, 5.41) is 15.9. The van der Waals surface area contributed by atoms with Gasteiger partial charge in [0.1, 0.15) is 30.3 Å². The monoisotopic (exact) mass is 558 g/mol. The lowest BCUT2D eigenvalue weighted by atomic mass is 10.0. The summed E-state index contributed by atoms with van der Waals surface area (Å²) in [6.07, 6.45) is 4.64. The third-order valence-electron chi connectivity index (χ3n) is 6.58. The Morgan fingerprint density at radius 2 is 1.90 bits per heavy atom. The van der Waals surface area contributed by atoms with Crippen LogP contribution in [-0.4, -0.2) is 89.3 Å². The SMILES string of the molecule is COCC(=O)N1CCN(Cc2cccc(OCCCn3cc(C)cn3)c2)CC(O)(COc2ccc(F)c(F)c2)C1. The Bertz CT molecular complexity index is 1270. The first-order valence-corrected chi connectivity index (χ1v) is 13.2. The number of methoxy groups -OCH3 is 1. The van der Waals surface area contributed by atoms with E-state index in [2.05, 4.69) is 5.10 Å². The van der Waals surface area contributed by atoms with Crippen molar-refractivity contribution in [3.63, 3.8) is 0 Å². The summed E-state index contributed by atoms with van der Waals surface area (Å²) in [4.78, 5) is 16.2. The van der Waals surface area contributed by atoms with Crippen LogP contribution in [0.4, 0.5) is 8.78 Å². The maximum atomic E-state index is 13.7. The zero-order valence-electron chi connectivity index (χ0n) is 22.9. The molecule has 2 heterocycles. The van der Waals surface area contributed by atoms with Crippen LogP contribution >= 0.6 is 0 Å². The van der Waals surface area contributed by atoms with Gasteiger partial charge in [-0.25, -0.2) is 8.78 Å². The zero-order chi connectivity index (χ0) is 28.5. The number of carbonyl (C=O) groups is 1. The molecule has 1 saturated heterocycles. The van der Waals surface area contributed by atoms with Gasteiger partial charge < -0.3 is 24.2 Å². The molecule has 1 fully saturated rings. The summed E-state index contributed by atoms with van der Waals surface area (Å²) in [5.41, 5.74) is 0.640. The zero-order valence-corrected chi connectivity index (χ0v) is 22.9. The van der Waals surface area contributed by atoms with Crippen molar-refractivity contribution < 1.29 is 32.9 Å². The maximum Gasteiger partial charge on any atom is 0.248 e. The van der Waals surface area contributed by atoms with Crippen molar-refractivity contribution in [3.05, 3.63) is 77.6 Å². The van der Waals surface area contributed by atoms with Crippen molar-refractivity contribution in [2.45, 2.75) is 32.0 Å². The van der Waals surface area contributed by atoms with Gasteiger partial charge in [0, 0.05) is 58.5 Å². The number of hydrogen-bond acceptors (Lipinski definition) is 7. The molecule has 1 N–H and O–H groups in total. The number of hydrogen-bond donors (Lipinski definition) is 1. The Balaban J connectivity index is 1.39. The fraction of sp³-hybridized carbons (Fsp3) is 0.448. The Hall–Kier alpha value is -3.54. The molecule has 1 aliphatic rings. The average Bonchev–Trinajstić information content (AvgIpc) is 3.26. The summed E-state index contributed by atoms with van der Waals surface area (Å²) in [5.74, 6) is -1.44. The second-order valence-electron chi connectivity index (χ2n) is 10.2. The van der Waals surface area contributed by atoms with Crippen LogP contribution < -0.4 is 9.47 Å². The highest BCUT2D eigenvalue weighted by Gasteiger charge is 2.37. The average molecular weight is 559 g/mol. The second-order valence-corrected chi connectivity index (χ2v) is 10.2. The minimum Gasteiger partial charge on any atom is -0.494 e. The van der Waals surface area contributed by atoms with E-state index in [9.17, 15) is 18.7 Å². The van der Waals surface area contributed by atoms with Crippen LogP contribution in [0.3, 0.4) is 0 Å². The van der Waals surface area contributed by atoms with Crippen LogP contribution in [0, 0.1) is 18.6 Å². The lowest BCUT2D eigenvalue weighted by molar-refractivity contribution is -0.138. The predicted octanol–water partition coefficient (Wildman–Crippen LogP) is 3.04. The maximum absolute atomic E-state index is 13.7. The highest BCUT2D eigenvalue weighted by atomic mass is 19.2. The first-order valence-electron chi connectivity index (χ1n) is 13.2. The van der Waals surface area contributed by atoms with E-state index in [1.807, 2.05) is 53.2 Å². The van der Waals surface area contributed by atoms with E-state index in [1.165, 1.54) is 13.2 Å². The Morgan fingerprint density at radius 3 is 2.65 bits per heavy atom. The number of aryl methyl sites for hydroxylation is 2. The number of benzene rings is 2. The second kappa shape index (κ2) is 13.7. The molecule has 3 aromatic rings. The van der Waals surface area contributed by atoms with Crippen molar-refractivity contribution in [1.82, 2.24) is 19.6 Å². The number of ether oxygens (including phenoxy) is 3. The Labute approximate surface area is 232 Å². The van der Waals surface area contributed by atoms with E-state index >= 15 is 0 Å². The number of aliphatic hydroxyl groups is 1. The molecule has 9 nitrogen and oxygen atoms in total. The van der Waals surface area contributed by atoms with Crippen LogP contribution in [0.25, 0.3) is 0 Å². The summed E-state index contributed by atoms with van der Waals surface area (Å²) in [6.45, 7) is 4.60. The largest absolute Gasteiger partial charge is 0.494 e. The van der Waals surface area contributed by atoms with Crippen molar-refractivity contribution in [1.29, 1.82) is 0 Å². The standard InChI is InChI=1S/C29H36F2N4O5/c1-22-15-32-35(16-22)9-4-12-39-24-6-3-5-23(13-24)17-33-10-11-34(28(36)18-38-2)20-29(37,19-33)21-40-25-7-8-26(30)27(31)14-25/h3,5-8,13-16,37H,4,9-12,17-21H2,1-2H3. The van der Waals surface area contributed by atoms with Crippen molar-refractivity contribution in [2.24, 2.45) is 0 Å². The van der Waals surface area contributed by atoms with Crippen LogP contribution in [0.2, 0.25) is 0 Å². The molecule has 0 saturated carbocycles. The highest BCUT2D eigenvalue weighted by Crippen LogP contribution is 2.22. The first-order chi connectivity index (χ1) is 19.2. The number of rotatable bonds is 12. The van der Waals surface area contributed by atoms with Gasteiger partial charge in [-0.2, -0.15) is 5.10 Å². The van der Waals surface area contributed by atoms with Crippen LogP contribution in [0.1, 0.15) is 17.5 Å². The number of amides is 1. The fourth-order valence-electron chi connectivity index (χ4n) is 4.68. The van der Waals surface area contributed by atoms with Crippen molar-refractivity contribution >= 4 is 5.91 Å².